The fraction of sp³-hybridized carbons (Fsp3) is 0.625. The van der Waals surface area contributed by atoms with E-state index < -0.39 is 0 Å². The van der Waals surface area contributed by atoms with Crippen molar-refractivity contribution in [1.29, 1.82) is 0 Å². The van der Waals surface area contributed by atoms with Crippen molar-refractivity contribution < 1.29 is 9.53 Å². The van der Waals surface area contributed by atoms with Crippen molar-refractivity contribution in [2.75, 3.05) is 37.7 Å². The Morgan fingerprint density at radius 3 is 2.91 bits per heavy atom. The topological polar surface area (TPSA) is 66.5 Å². The number of anilines is 1. The molecule has 2 atom stereocenters. The molecule has 3 rings (SSSR count). The van der Waals surface area contributed by atoms with E-state index in [1.165, 1.54) is 6.42 Å². The summed E-state index contributed by atoms with van der Waals surface area (Å²) in [5.41, 5.74) is 1.06. The lowest BCUT2D eigenvalue weighted by atomic mass is 10.2. The molecule has 120 valence electrons. The van der Waals surface area contributed by atoms with Crippen LogP contribution in [-0.4, -0.2) is 43.9 Å². The second-order valence-electron chi connectivity index (χ2n) is 6.16. The Hall–Kier alpha value is -1.82. The number of nitrogens with one attached hydrogen (secondary N) is 2. The van der Waals surface area contributed by atoms with Crippen molar-refractivity contribution in [2.24, 2.45) is 11.8 Å². The molecule has 0 unspecified atom stereocenters. The summed E-state index contributed by atoms with van der Waals surface area (Å²) in [5, 5.41) is 5.84. The third-order valence-corrected chi connectivity index (χ3v) is 4.40. The van der Waals surface area contributed by atoms with Crippen LogP contribution in [0.4, 0.5) is 10.6 Å². The van der Waals surface area contributed by atoms with Gasteiger partial charge in [-0.3, -0.25) is 0 Å². The molecule has 22 heavy (non-hydrogen) atoms. The smallest absolute Gasteiger partial charge is 0.315 e. The van der Waals surface area contributed by atoms with Crippen LogP contribution in [0.3, 0.4) is 0 Å². The first kappa shape index (κ1) is 15.1. The van der Waals surface area contributed by atoms with Crippen LogP contribution in [0.25, 0.3) is 0 Å². The van der Waals surface area contributed by atoms with Crippen LogP contribution in [0, 0.1) is 11.8 Å². The number of carbonyl (C=O) groups excluding carboxylic acids is 1. The summed E-state index contributed by atoms with van der Waals surface area (Å²) in [4.78, 5) is 18.4. The number of pyridine rings is 1. The van der Waals surface area contributed by atoms with Crippen LogP contribution < -0.4 is 15.5 Å². The predicted molar refractivity (Wildman–Crippen MR) is 84.8 cm³/mol. The summed E-state index contributed by atoms with van der Waals surface area (Å²) in [6.07, 6.45) is 3.03. The third kappa shape index (κ3) is 4.10. The number of nitrogens with zero attached hydrogens (tertiary/aromatic N) is 2. The predicted octanol–water partition coefficient (Wildman–Crippen LogP) is 1.37. The van der Waals surface area contributed by atoms with E-state index in [0.717, 1.165) is 50.1 Å². The highest BCUT2D eigenvalue weighted by Gasteiger charge is 2.32. The van der Waals surface area contributed by atoms with Gasteiger partial charge in [-0.05, 0) is 36.0 Å². The Bertz CT molecular complexity index is 517. The lowest BCUT2D eigenvalue weighted by Gasteiger charge is -2.28. The van der Waals surface area contributed by atoms with Gasteiger partial charge in [0.1, 0.15) is 5.82 Å². The van der Waals surface area contributed by atoms with Crippen molar-refractivity contribution in [3.05, 3.63) is 23.9 Å². The zero-order chi connectivity index (χ0) is 15.4. The molecule has 2 heterocycles. The molecule has 2 N–H and O–H groups in total. The molecule has 2 aliphatic rings. The monoisotopic (exact) mass is 304 g/mol. The van der Waals surface area contributed by atoms with Gasteiger partial charge < -0.3 is 20.3 Å². The lowest BCUT2D eigenvalue weighted by Crippen LogP contribution is -2.37. The van der Waals surface area contributed by atoms with E-state index >= 15 is 0 Å². The van der Waals surface area contributed by atoms with Crippen LogP contribution >= 0.6 is 0 Å². The van der Waals surface area contributed by atoms with Gasteiger partial charge in [0, 0.05) is 32.4 Å². The van der Waals surface area contributed by atoms with Gasteiger partial charge in [-0.2, -0.15) is 0 Å². The summed E-state index contributed by atoms with van der Waals surface area (Å²) < 4.78 is 5.35. The quantitative estimate of drug-likeness (QED) is 0.862. The first-order valence-electron chi connectivity index (χ1n) is 8.01. The standard InChI is InChI=1S/C16H24N4O2/c1-12-8-14(12)11-19-16(21)18-10-13-2-3-17-15(9-13)20-4-6-22-7-5-20/h2-3,9,12,14H,4-8,10-11H2,1H3,(H2,18,19,21)/t12-,14+/m0/s1. The maximum atomic E-state index is 11.8. The number of hydrogen-bond donors (Lipinski definition) is 2. The molecule has 0 spiro atoms. The normalized spacial score (nSPS) is 24.0. The second kappa shape index (κ2) is 6.96. The second-order valence-corrected chi connectivity index (χ2v) is 6.16. The van der Waals surface area contributed by atoms with Crippen molar-refractivity contribution in [2.45, 2.75) is 19.9 Å². The van der Waals surface area contributed by atoms with E-state index in [-0.39, 0.29) is 6.03 Å². The van der Waals surface area contributed by atoms with E-state index in [1.807, 2.05) is 12.1 Å². The van der Waals surface area contributed by atoms with Gasteiger partial charge in [-0.1, -0.05) is 6.92 Å². The molecule has 1 saturated carbocycles. The third-order valence-electron chi connectivity index (χ3n) is 4.40. The maximum Gasteiger partial charge on any atom is 0.315 e. The average molecular weight is 304 g/mol. The Morgan fingerprint density at radius 1 is 1.41 bits per heavy atom. The number of aromatic nitrogens is 1. The van der Waals surface area contributed by atoms with E-state index in [9.17, 15) is 4.79 Å². The molecule has 2 amide bonds. The van der Waals surface area contributed by atoms with Crippen LogP contribution in [0.2, 0.25) is 0 Å². The molecule has 0 bridgehead atoms. The number of morpholine rings is 1. The number of hydrogen-bond acceptors (Lipinski definition) is 4. The summed E-state index contributed by atoms with van der Waals surface area (Å²) in [6, 6.07) is 3.88. The van der Waals surface area contributed by atoms with Crippen molar-refractivity contribution in [1.82, 2.24) is 15.6 Å². The Kier molecular flexibility index (Phi) is 4.77. The fourth-order valence-corrected chi connectivity index (χ4v) is 2.69. The molecule has 6 heteroatoms. The van der Waals surface area contributed by atoms with Crippen LogP contribution in [0.1, 0.15) is 18.9 Å². The first-order chi connectivity index (χ1) is 10.7. The molecule has 0 radical (unpaired) electrons. The van der Waals surface area contributed by atoms with Gasteiger partial charge in [0.15, 0.2) is 0 Å². The van der Waals surface area contributed by atoms with Gasteiger partial charge in [0.05, 0.1) is 13.2 Å². The number of amides is 2. The van der Waals surface area contributed by atoms with E-state index in [4.69, 9.17) is 4.74 Å². The number of ether oxygens (including phenoxy) is 1. The molecule has 0 aromatic carbocycles. The first-order valence-corrected chi connectivity index (χ1v) is 8.01. The van der Waals surface area contributed by atoms with Gasteiger partial charge in [0.2, 0.25) is 0 Å². The summed E-state index contributed by atoms with van der Waals surface area (Å²) in [5.74, 6) is 2.38. The van der Waals surface area contributed by atoms with E-state index in [1.54, 1.807) is 6.20 Å². The molecule has 2 fully saturated rings. The Morgan fingerprint density at radius 2 is 2.18 bits per heavy atom. The maximum absolute atomic E-state index is 11.8. The van der Waals surface area contributed by atoms with Crippen molar-refractivity contribution in [3.63, 3.8) is 0 Å². The molecule has 1 aliphatic carbocycles. The van der Waals surface area contributed by atoms with Crippen LogP contribution in [-0.2, 0) is 11.3 Å². The highest BCUT2D eigenvalue weighted by atomic mass is 16.5. The van der Waals surface area contributed by atoms with Gasteiger partial charge >= 0.3 is 6.03 Å². The molecular formula is C16H24N4O2. The lowest BCUT2D eigenvalue weighted by molar-refractivity contribution is 0.122. The molecule has 1 saturated heterocycles. The van der Waals surface area contributed by atoms with Gasteiger partial charge in [-0.25, -0.2) is 9.78 Å². The van der Waals surface area contributed by atoms with Crippen LogP contribution in [0.15, 0.2) is 18.3 Å². The zero-order valence-corrected chi connectivity index (χ0v) is 13.0. The van der Waals surface area contributed by atoms with Crippen LogP contribution in [0.5, 0.6) is 0 Å². The van der Waals surface area contributed by atoms with Gasteiger partial charge in [-0.15, -0.1) is 0 Å². The van der Waals surface area contributed by atoms with Crippen molar-refractivity contribution in [3.8, 4) is 0 Å². The minimum absolute atomic E-state index is 0.0937. The average Bonchev–Trinajstić information content (AvgIpc) is 3.27. The fourth-order valence-electron chi connectivity index (χ4n) is 2.69. The summed E-state index contributed by atoms with van der Waals surface area (Å²) in [6.45, 7) is 6.73. The number of rotatable bonds is 5. The largest absolute Gasteiger partial charge is 0.378 e. The highest BCUT2D eigenvalue weighted by molar-refractivity contribution is 5.73. The molecular weight excluding hydrogens is 280 g/mol. The minimum atomic E-state index is -0.0937. The molecule has 1 aromatic rings. The Balaban J connectivity index is 1.46. The van der Waals surface area contributed by atoms with E-state index in [0.29, 0.717) is 12.5 Å². The number of carbonyl (C=O) groups is 1. The summed E-state index contributed by atoms with van der Waals surface area (Å²) in [7, 11) is 0. The Labute approximate surface area is 131 Å². The number of urea groups is 1. The van der Waals surface area contributed by atoms with Crippen molar-refractivity contribution >= 4 is 11.8 Å². The molecule has 1 aliphatic heterocycles. The summed E-state index contributed by atoms with van der Waals surface area (Å²) >= 11 is 0. The highest BCUT2D eigenvalue weighted by Crippen LogP contribution is 2.36. The van der Waals surface area contributed by atoms with E-state index in [2.05, 4.69) is 27.4 Å². The van der Waals surface area contributed by atoms with Gasteiger partial charge in [0.25, 0.3) is 0 Å². The SMILES string of the molecule is C[C@H]1C[C@@H]1CNC(=O)NCc1ccnc(N2CCOCC2)c1. The molecule has 1 aromatic heterocycles. The molecule has 6 nitrogen and oxygen atoms in total. The zero-order valence-electron chi connectivity index (χ0n) is 13.0. The minimum Gasteiger partial charge on any atom is -0.378 e.